The standard InChI is InChI=1S/C20H29N3O2/c1-2-23-11-18-17(14-25-13-16-7-8-16)10-22(12-19(18)21-23)20(24)9-15-5-3-4-6-15/h3,5,11,15-17H,2,4,6-10,12-14H2,1H3. The predicted molar refractivity (Wildman–Crippen MR) is 96.1 cm³/mol. The summed E-state index contributed by atoms with van der Waals surface area (Å²) in [5, 5.41) is 4.69. The van der Waals surface area contributed by atoms with E-state index in [1.807, 2.05) is 9.58 Å². The van der Waals surface area contributed by atoms with E-state index in [0.717, 1.165) is 44.1 Å². The van der Waals surface area contributed by atoms with E-state index < -0.39 is 0 Å². The highest BCUT2D eigenvalue weighted by Gasteiger charge is 2.32. The van der Waals surface area contributed by atoms with Crippen molar-refractivity contribution in [3.05, 3.63) is 29.6 Å². The molecule has 1 aliphatic heterocycles. The fraction of sp³-hybridized carbons (Fsp3) is 0.700. The van der Waals surface area contributed by atoms with Crippen molar-refractivity contribution < 1.29 is 9.53 Å². The molecule has 2 aliphatic carbocycles. The molecule has 1 aromatic heterocycles. The fourth-order valence-electron chi connectivity index (χ4n) is 3.93. The number of hydrogen-bond acceptors (Lipinski definition) is 3. The molecule has 5 nitrogen and oxygen atoms in total. The molecule has 1 saturated carbocycles. The van der Waals surface area contributed by atoms with Crippen molar-refractivity contribution in [2.75, 3.05) is 19.8 Å². The van der Waals surface area contributed by atoms with Gasteiger partial charge in [0.2, 0.25) is 5.91 Å². The lowest BCUT2D eigenvalue weighted by Gasteiger charge is -2.32. The van der Waals surface area contributed by atoms with Crippen LogP contribution in [0, 0.1) is 11.8 Å². The normalized spacial score (nSPS) is 25.4. The predicted octanol–water partition coefficient (Wildman–Crippen LogP) is 3.11. The zero-order valence-electron chi connectivity index (χ0n) is 15.2. The van der Waals surface area contributed by atoms with Gasteiger partial charge >= 0.3 is 0 Å². The zero-order valence-corrected chi connectivity index (χ0v) is 15.2. The first-order chi connectivity index (χ1) is 12.2. The highest BCUT2D eigenvalue weighted by Crippen LogP contribution is 2.32. The third kappa shape index (κ3) is 3.97. The molecule has 0 saturated heterocycles. The quantitative estimate of drug-likeness (QED) is 0.715. The number of aryl methyl sites for hydroxylation is 1. The molecule has 0 aromatic carbocycles. The van der Waals surface area contributed by atoms with E-state index in [2.05, 4.69) is 25.3 Å². The number of fused-ring (bicyclic) bond motifs is 1. The van der Waals surface area contributed by atoms with E-state index in [4.69, 9.17) is 9.84 Å². The summed E-state index contributed by atoms with van der Waals surface area (Å²) in [6.45, 7) is 5.95. The second kappa shape index (κ2) is 7.32. The molecular weight excluding hydrogens is 314 g/mol. The maximum atomic E-state index is 12.8. The van der Waals surface area contributed by atoms with Gasteiger partial charge in [-0.15, -0.1) is 0 Å². The lowest BCUT2D eigenvalue weighted by molar-refractivity contribution is -0.133. The molecule has 3 aliphatic rings. The topological polar surface area (TPSA) is 47.4 Å². The highest BCUT2D eigenvalue weighted by atomic mass is 16.5. The van der Waals surface area contributed by atoms with Crippen LogP contribution in [0.2, 0.25) is 0 Å². The number of ether oxygens (including phenoxy) is 1. The Morgan fingerprint density at radius 3 is 2.92 bits per heavy atom. The van der Waals surface area contributed by atoms with Crippen molar-refractivity contribution in [1.29, 1.82) is 0 Å². The number of amides is 1. The summed E-state index contributed by atoms with van der Waals surface area (Å²) in [7, 11) is 0. The average Bonchev–Trinajstić information content (AvgIpc) is 3.11. The molecule has 4 rings (SSSR count). The molecule has 0 radical (unpaired) electrons. The van der Waals surface area contributed by atoms with Gasteiger partial charge in [-0.25, -0.2) is 0 Å². The smallest absolute Gasteiger partial charge is 0.223 e. The van der Waals surface area contributed by atoms with Crippen LogP contribution in [0.15, 0.2) is 18.3 Å². The van der Waals surface area contributed by atoms with Gasteiger partial charge in [0.25, 0.3) is 0 Å². The van der Waals surface area contributed by atoms with Crippen LogP contribution >= 0.6 is 0 Å². The lowest BCUT2D eigenvalue weighted by Crippen LogP contribution is -2.40. The Balaban J connectivity index is 1.43. The second-order valence-electron chi connectivity index (χ2n) is 7.81. The van der Waals surface area contributed by atoms with Gasteiger partial charge in [-0.05, 0) is 44.4 Å². The number of aromatic nitrogens is 2. The molecule has 2 atom stereocenters. The number of carbonyl (C=O) groups is 1. The summed E-state index contributed by atoms with van der Waals surface area (Å²) in [6, 6.07) is 0. The molecule has 1 amide bonds. The van der Waals surface area contributed by atoms with Crippen molar-refractivity contribution in [2.24, 2.45) is 11.8 Å². The lowest BCUT2D eigenvalue weighted by atomic mass is 9.94. The molecule has 1 aromatic rings. The highest BCUT2D eigenvalue weighted by molar-refractivity contribution is 5.77. The molecule has 1 fully saturated rings. The summed E-state index contributed by atoms with van der Waals surface area (Å²) < 4.78 is 7.96. The molecule has 0 bridgehead atoms. The van der Waals surface area contributed by atoms with Crippen molar-refractivity contribution in [1.82, 2.24) is 14.7 Å². The first-order valence-corrected chi connectivity index (χ1v) is 9.81. The van der Waals surface area contributed by atoms with E-state index in [1.165, 1.54) is 18.4 Å². The van der Waals surface area contributed by atoms with Crippen LogP contribution in [0.1, 0.15) is 56.2 Å². The number of allylic oxidation sites excluding steroid dienone is 2. The SMILES string of the molecule is CCn1cc2c(n1)CN(C(=O)CC1C=CCC1)CC2COCC1CC1. The number of rotatable bonds is 7. The number of nitrogens with zero attached hydrogens (tertiary/aromatic N) is 3. The van der Waals surface area contributed by atoms with Crippen molar-refractivity contribution in [2.45, 2.75) is 58.0 Å². The molecule has 136 valence electrons. The molecule has 0 N–H and O–H groups in total. The Morgan fingerprint density at radius 1 is 1.32 bits per heavy atom. The summed E-state index contributed by atoms with van der Waals surface area (Å²) >= 11 is 0. The van der Waals surface area contributed by atoms with Gasteiger partial charge in [0, 0.05) is 43.8 Å². The maximum absolute atomic E-state index is 12.8. The van der Waals surface area contributed by atoms with E-state index in [-0.39, 0.29) is 11.8 Å². The van der Waals surface area contributed by atoms with Gasteiger partial charge in [-0.1, -0.05) is 12.2 Å². The number of carbonyl (C=O) groups excluding carboxylic acids is 1. The van der Waals surface area contributed by atoms with Crippen LogP contribution in [-0.2, 0) is 22.6 Å². The minimum absolute atomic E-state index is 0.255. The van der Waals surface area contributed by atoms with E-state index in [0.29, 0.717) is 25.5 Å². The number of hydrogen-bond donors (Lipinski definition) is 0. The van der Waals surface area contributed by atoms with Crippen LogP contribution in [0.4, 0.5) is 0 Å². The molecule has 2 heterocycles. The average molecular weight is 343 g/mol. The minimum Gasteiger partial charge on any atom is -0.380 e. The fourth-order valence-corrected chi connectivity index (χ4v) is 3.93. The summed E-state index contributed by atoms with van der Waals surface area (Å²) in [5.41, 5.74) is 2.34. The molecule has 0 spiro atoms. The molecule has 25 heavy (non-hydrogen) atoms. The summed E-state index contributed by atoms with van der Waals surface area (Å²) in [5.74, 6) is 1.71. The van der Waals surface area contributed by atoms with E-state index >= 15 is 0 Å². The van der Waals surface area contributed by atoms with Crippen LogP contribution < -0.4 is 0 Å². The molecule has 5 heteroatoms. The Morgan fingerprint density at radius 2 is 2.20 bits per heavy atom. The van der Waals surface area contributed by atoms with Gasteiger partial charge in [0.1, 0.15) is 0 Å². The zero-order chi connectivity index (χ0) is 17.2. The Kier molecular flexibility index (Phi) is 4.93. The van der Waals surface area contributed by atoms with E-state index in [1.54, 1.807) is 0 Å². The Hall–Kier alpha value is -1.62. The molecular formula is C20H29N3O2. The van der Waals surface area contributed by atoms with Gasteiger partial charge < -0.3 is 9.64 Å². The third-order valence-corrected chi connectivity index (χ3v) is 5.69. The Bertz CT molecular complexity index is 647. The van der Waals surface area contributed by atoms with Gasteiger partial charge in [0.05, 0.1) is 18.8 Å². The first kappa shape index (κ1) is 16.8. The minimum atomic E-state index is 0.255. The monoisotopic (exact) mass is 343 g/mol. The van der Waals surface area contributed by atoms with Crippen molar-refractivity contribution in [3.63, 3.8) is 0 Å². The summed E-state index contributed by atoms with van der Waals surface area (Å²) in [4.78, 5) is 14.8. The van der Waals surface area contributed by atoms with Crippen LogP contribution in [0.5, 0.6) is 0 Å². The van der Waals surface area contributed by atoms with E-state index in [9.17, 15) is 4.79 Å². The van der Waals surface area contributed by atoms with Gasteiger partial charge in [-0.3, -0.25) is 9.48 Å². The van der Waals surface area contributed by atoms with Gasteiger partial charge in [-0.2, -0.15) is 5.10 Å². The molecule has 2 unspecified atom stereocenters. The maximum Gasteiger partial charge on any atom is 0.223 e. The third-order valence-electron chi connectivity index (χ3n) is 5.69. The van der Waals surface area contributed by atoms with Crippen LogP contribution in [0.3, 0.4) is 0 Å². The second-order valence-corrected chi connectivity index (χ2v) is 7.81. The van der Waals surface area contributed by atoms with Crippen molar-refractivity contribution in [3.8, 4) is 0 Å². The summed E-state index contributed by atoms with van der Waals surface area (Å²) in [6.07, 6.45) is 12.0. The first-order valence-electron chi connectivity index (χ1n) is 9.81. The largest absolute Gasteiger partial charge is 0.380 e. The van der Waals surface area contributed by atoms with Crippen molar-refractivity contribution >= 4 is 5.91 Å². The van der Waals surface area contributed by atoms with Gasteiger partial charge in [0.15, 0.2) is 0 Å². The van der Waals surface area contributed by atoms with Crippen LogP contribution in [0.25, 0.3) is 0 Å². The van der Waals surface area contributed by atoms with Crippen LogP contribution in [-0.4, -0.2) is 40.3 Å². The Labute approximate surface area is 150 Å².